The Morgan fingerprint density at radius 1 is 1.24 bits per heavy atom. The molecular formula is C19H19N3O3. The molecule has 2 N–H and O–H groups in total. The van der Waals surface area contributed by atoms with Crippen LogP contribution in [-0.2, 0) is 17.8 Å². The summed E-state index contributed by atoms with van der Waals surface area (Å²) in [5, 5.41) is 5.69. The van der Waals surface area contributed by atoms with Gasteiger partial charge in [-0.3, -0.25) is 4.79 Å². The van der Waals surface area contributed by atoms with E-state index in [0.29, 0.717) is 30.2 Å². The summed E-state index contributed by atoms with van der Waals surface area (Å²) in [6.45, 7) is 2.98. The summed E-state index contributed by atoms with van der Waals surface area (Å²) in [7, 11) is 0. The quantitative estimate of drug-likeness (QED) is 0.840. The molecule has 128 valence electrons. The van der Waals surface area contributed by atoms with Gasteiger partial charge in [0.05, 0.1) is 5.69 Å². The van der Waals surface area contributed by atoms with Gasteiger partial charge in [-0.1, -0.05) is 24.3 Å². The van der Waals surface area contributed by atoms with Crippen LogP contribution >= 0.6 is 0 Å². The number of carbonyl (C=O) groups excluding carboxylic acids is 2. The maximum atomic E-state index is 12.6. The maximum Gasteiger partial charge on any atom is 0.322 e. The summed E-state index contributed by atoms with van der Waals surface area (Å²) < 4.78 is 5.52. The Kier molecular flexibility index (Phi) is 3.80. The Hall–Kier alpha value is -3.02. The molecule has 2 aromatic rings. The van der Waals surface area contributed by atoms with Crippen LogP contribution in [0.4, 0.5) is 16.2 Å². The molecule has 0 aliphatic carbocycles. The monoisotopic (exact) mass is 337 g/mol. The van der Waals surface area contributed by atoms with Crippen molar-refractivity contribution in [1.29, 1.82) is 0 Å². The lowest BCUT2D eigenvalue weighted by Gasteiger charge is -2.29. The number of rotatable bonds is 1. The molecule has 0 bridgehead atoms. The molecule has 0 radical (unpaired) electrons. The van der Waals surface area contributed by atoms with Crippen molar-refractivity contribution in [2.24, 2.45) is 0 Å². The van der Waals surface area contributed by atoms with Gasteiger partial charge >= 0.3 is 6.03 Å². The Morgan fingerprint density at radius 3 is 2.88 bits per heavy atom. The first-order valence-electron chi connectivity index (χ1n) is 8.34. The van der Waals surface area contributed by atoms with Gasteiger partial charge in [0.1, 0.15) is 5.75 Å². The van der Waals surface area contributed by atoms with Gasteiger partial charge < -0.3 is 20.3 Å². The second-order valence-corrected chi connectivity index (χ2v) is 6.33. The van der Waals surface area contributed by atoms with E-state index >= 15 is 0 Å². The maximum absolute atomic E-state index is 12.6. The summed E-state index contributed by atoms with van der Waals surface area (Å²) in [5.74, 6) is 0.417. The molecule has 1 atom stereocenters. The number of carbonyl (C=O) groups is 2. The predicted molar refractivity (Wildman–Crippen MR) is 94.7 cm³/mol. The SMILES string of the molecule is C[C@H]1Oc2ccc(NC(=O)N3CCc4ccccc4C3)cc2NC1=O. The van der Waals surface area contributed by atoms with E-state index in [1.165, 1.54) is 11.1 Å². The van der Waals surface area contributed by atoms with Crippen LogP contribution in [0.3, 0.4) is 0 Å². The highest BCUT2D eigenvalue weighted by molar-refractivity contribution is 5.99. The number of hydrogen-bond acceptors (Lipinski definition) is 3. The minimum absolute atomic E-state index is 0.147. The second kappa shape index (κ2) is 6.12. The van der Waals surface area contributed by atoms with Crippen LogP contribution in [0.1, 0.15) is 18.1 Å². The van der Waals surface area contributed by atoms with E-state index in [2.05, 4.69) is 22.8 Å². The zero-order valence-corrected chi connectivity index (χ0v) is 13.9. The standard InChI is InChI=1S/C19H19N3O3/c1-12-18(23)21-16-10-15(6-7-17(16)25-12)20-19(24)22-9-8-13-4-2-3-5-14(13)11-22/h2-7,10,12H,8-9,11H2,1H3,(H,20,24)(H,21,23)/t12-/m1/s1. The number of benzene rings is 2. The van der Waals surface area contributed by atoms with E-state index < -0.39 is 6.10 Å². The van der Waals surface area contributed by atoms with Crippen molar-refractivity contribution >= 4 is 23.3 Å². The number of nitrogens with zero attached hydrogens (tertiary/aromatic N) is 1. The van der Waals surface area contributed by atoms with Gasteiger partial charge in [-0.2, -0.15) is 0 Å². The van der Waals surface area contributed by atoms with Crippen LogP contribution in [0.5, 0.6) is 5.75 Å². The first-order valence-corrected chi connectivity index (χ1v) is 8.34. The van der Waals surface area contributed by atoms with Gasteiger partial charge in [-0.15, -0.1) is 0 Å². The zero-order valence-electron chi connectivity index (χ0n) is 13.9. The molecule has 6 nitrogen and oxygen atoms in total. The molecule has 0 saturated heterocycles. The molecule has 4 rings (SSSR count). The third kappa shape index (κ3) is 3.03. The van der Waals surface area contributed by atoms with E-state index in [-0.39, 0.29) is 11.9 Å². The lowest BCUT2D eigenvalue weighted by molar-refractivity contribution is -0.122. The first kappa shape index (κ1) is 15.5. The van der Waals surface area contributed by atoms with E-state index in [1.54, 1.807) is 30.0 Å². The normalized spacial score (nSPS) is 18.5. The van der Waals surface area contributed by atoms with Crippen molar-refractivity contribution in [3.63, 3.8) is 0 Å². The predicted octanol–water partition coefficient (Wildman–Crippen LogP) is 3.00. The third-order valence-electron chi connectivity index (χ3n) is 4.58. The summed E-state index contributed by atoms with van der Waals surface area (Å²) in [5.41, 5.74) is 3.68. The third-order valence-corrected chi connectivity index (χ3v) is 4.58. The molecule has 2 aliphatic rings. The molecule has 2 aliphatic heterocycles. The summed E-state index contributed by atoms with van der Waals surface area (Å²) in [6, 6.07) is 13.3. The molecule has 0 spiro atoms. The highest BCUT2D eigenvalue weighted by Gasteiger charge is 2.24. The minimum atomic E-state index is -0.513. The van der Waals surface area contributed by atoms with Gasteiger partial charge in [0, 0.05) is 18.8 Å². The van der Waals surface area contributed by atoms with Crippen molar-refractivity contribution in [2.45, 2.75) is 26.0 Å². The molecule has 25 heavy (non-hydrogen) atoms. The number of urea groups is 1. The Morgan fingerprint density at radius 2 is 2.04 bits per heavy atom. The van der Waals surface area contributed by atoms with Crippen LogP contribution in [0.25, 0.3) is 0 Å². The molecule has 0 unspecified atom stereocenters. The van der Waals surface area contributed by atoms with Crippen LogP contribution < -0.4 is 15.4 Å². The van der Waals surface area contributed by atoms with Gasteiger partial charge in [-0.05, 0) is 42.7 Å². The van der Waals surface area contributed by atoms with E-state index in [9.17, 15) is 9.59 Å². The van der Waals surface area contributed by atoms with Crippen LogP contribution in [0, 0.1) is 0 Å². The van der Waals surface area contributed by atoms with Crippen molar-refractivity contribution in [1.82, 2.24) is 4.90 Å². The van der Waals surface area contributed by atoms with Crippen LogP contribution in [-0.4, -0.2) is 29.5 Å². The fraction of sp³-hybridized carbons (Fsp3) is 0.263. The lowest BCUT2D eigenvalue weighted by atomic mass is 10.0. The number of hydrogen-bond donors (Lipinski definition) is 2. The molecule has 2 heterocycles. The van der Waals surface area contributed by atoms with Crippen molar-refractivity contribution < 1.29 is 14.3 Å². The van der Waals surface area contributed by atoms with Gasteiger partial charge in [0.2, 0.25) is 0 Å². The number of ether oxygens (including phenoxy) is 1. The van der Waals surface area contributed by atoms with Gasteiger partial charge in [0.15, 0.2) is 6.10 Å². The van der Waals surface area contributed by atoms with Gasteiger partial charge in [0.25, 0.3) is 5.91 Å². The van der Waals surface area contributed by atoms with E-state index in [0.717, 1.165) is 6.42 Å². The summed E-state index contributed by atoms with van der Waals surface area (Å²) >= 11 is 0. The first-order chi connectivity index (χ1) is 12.1. The van der Waals surface area contributed by atoms with Gasteiger partial charge in [-0.25, -0.2) is 4.79 Å². The van der Waals surface area contributed by atoms with Crippen LogP contribution in [0.2, 0.25) is 0 Å². The molecule has 0 aromatic heterocycles. The zero-order chi connectivity index (χ0) is 17.4. The average Bonchev–Trinajstić information content (AvgIpc) is 2.62. The fourth-order valence-corrected chi connectivity index (χ4v) is 3.16. The molecule has 3 amide bonds. The largest absolute Gasteiger partial charge is 0.479 e. The molecule has 6 heteroatoms. The second-order valence-electron chi connectivity index (χ2n) is 6.33. The number of amides is 3. The molecule has 0 fully saturated rings. The van der Waals surface area contributed by atoms with Crippen molar-refractivity contribution in [2.75, 3.05) is 17.2 Å². The smallest absolute Gasteiger partial charge is 0.322 e. The minimum Gasteiger partial charge on any atom is -0.479 e. The Balaban J connectivity index is 1.47. The topological polar surface area (TPSA) is 70.7 Å². The number of nitrogens with one attached hydrogen (secondary N) is 2. The highest BCUT2D eigenvalue weighted by atomic mass is 16.5. The van der Waals surface area contributed by atoms with Crippen LogP contribution in [0.15, 0.2) is 42.5 Å². The fourth-order valence-electron chi connectivity index (χ4n) is 3.16. The van der Waals surface area contributed by atoms with Crippen molar-refractivity contribution in [3.05, 3.63) is 53.6 Å². The number of fused-ring (bicyclic) bond motifs is 2. The highest BCUT2D eigenvalue weighted by Crippen LogP contribution is 2.32. The Bertz CT molecular complexity index is 850. The molecular weight excluding hydrogens is 318 g/mol. The molecule has 2 aromatic carbocycles. The van der Waals surface area contributed by atoms with Crippen molar-refractivity contribution in [3.8, 4) is 5.75 Å². The Labute approximate surface area is 145 Å². The van der Waals surface area contributed by atoms with E-state index in [4.69, 9.17) is 4.74 Å². The lowest BCUT2D eigenvalue weighted by Crippen LogP contribution is -2.39. The average molecular weight is 337 g/mol. The van der Waals surface area contributed by atoms with E-state index in [1.807, 2.05) is 12.1 Å². The molecule has 0 saturated carbocycles. The summed E-state index contributed by atoms with van der Waals surface area (Å²) in [4.78, 5) is 26.1. The summed E-state index contributed by atoms with van der Waals surface area (Å²) in [6.07, 6.45) is 0.344. The number of anilines is 2.